The minimum absolute atomic E-state index is 0.0496. The van der Waals surface area contributed by atoms with Crippen molar-refractivity contribution in [1.82, 2.24) is 15.5 Å². The predicted octanol–water partition coefficient (Wildman–Crippen LogP) is 4.02. The van der Waals surface area contributed by atoms with Crippen molar-refractivity contribution in [3.8, 4) is 11.5 Å². The molecule has 2 aromatic rings. The molecule has 0 atom stereocenters. The van der Waals surface area contributed by atoms with Crippen molar-refractivity contribution in [1.29, 1.82) is 0 Å². The van der Waals surface area contributed by atoms with E-state index in [1.807, 2.05) is 13.8 Å². The van der Waals surface area contributed by atoms with Gasteiger partial charge in [0.2, 0.25) is 11.8 Å². The minimum Gasteiger partial charge on any atom is -0.419 e. The minimum atomic E-state index is -4.42. The normalized spacial score (nSPS) is 12.1. The molecule has 1 N–H and O–H groups in total. The van der Waals surface area contributed by atoms with Crippen LogP contribution < -0.4 is 5.32 Å². The van der Waals surface area contributed by atoms with Crippen molar-refractivity contribution in [3.63, 3.8) is 0 Å². The highest BCUT2D eigenvalue weighted by molar-refractivity contribution is 9.10. The summed E-state index contributed by atoms with van der Waals surface area (Å²) >= 11 is 3.19. The standard InChI is InChI=1S/C13H13BrF3N3O/c1-7(2)18-6-11-19-20-12(21-11)9-5-8(13(15,16)17)3-4-10(9)14/h3-5,7,18H,6H2,1-2H3. The summed E-state index contributed by atoms with van der Waals surface area (Å²) in [7, 11) is 0. The van der Waals surface area contributed by atoms with Crippen LogP contribution in [0.3, 0.4) is 0 Å². The predicted molar refractivity (Wildman–Crippen MR) is 74.4 cm³/mol. The number of hydrogen-bond donors (Lipinski definition) is 1. The van der Waals surface area contributed by atoms with Crippen LogP contribution in [0.25, 0.3) is 11.5 Å². The van der Waals surface area contributed by atoms with Crippen LogP contribution in [0.1, 0.15) is 25.3 Å². The van der Waals surface area contributed by atoms with Gasteiger partial charge in [-0.3, -0.25) is 0 Å². The monoisotopic (exact) mass is 363 g/mol. The highest BCUT2D eigenvalue weighted by Crippen LogP contribution is 2.35. The summed E-state index contributed by atoms with van der Waals surface area (Å²) in [6, 6.07) is 3.53. The van der Waals surface area contributed by atoms with Gasteiger partial charge in [-0.1, -0.05) is 13.8 Å². The van der Waals surface area contributed by atoms with E-state index >= 15 is 0 Å². The number of nitrogens with one attached hydrogen (secondary N) is 1. The number of rotatable bonds is 4. The average molecular weight is 364 g/mol. The first-order valence-corrected chi connectivity index (χ1v) is 6.99. The maximum absolute atomic E-state index is 12.7. The number of alkyl halides is 3. The molecule has 1 heterocycles. The first kappa shape index (κ1) is 16.0. The Kier molecular flexibility index (Phi) is 4.67. The quantitative estimate of drug-likeness (QED) is 0.891. The Hall–Kier alpha value is -1.41. The number of aromatic nitrogens is 2. The highest BCUT2D eigenvalue weighted by atomic mass is 79.9. The van der Waals surface area contributed by atoms with Gasteiger partial charge in [-0.05, 0) is 34.1 Å². The molecule has 0 amide bonds. The topological polar surface area (TPSA) is 51.0 Å². The molecule has 1 aromatic heterocycles. The maximum atomic E-state index is 12.7. The largest absolute Gasteiger partial charge is 0.419 e. The Morgan fingerprint density at radius 3 is 2.62 bits per heavy atom. The molecule has 0 unspecified atom stereocenters. The van der Waals surface area contributed by atoms with Crippen molar-refractivity contribution >= 4 is 15.9 Å². The molecule has 0 aliphatic rings. The summed E-state index contributed by atoms with van der Waals surface area (Å²) < 4.78 is 44.1. The first-order chi connectivity index (χ1) is 9.77. The van der Waals surface area contributed by atoms with Gasteiger partial charge in [0, 0.05) is 10.5 Å². The van der Waals surface area contributed by atoms with Gasteiger partial charge >= 0.3 is 6.18 Å². The third kappa shape index (κ3) is 4.04. The summed E-state index contributed by atoms with van der Waals surface area (Å²) in [6.07, 6.45) is -4.42. The van der Waals surface area contributed by atoms with Crippen molar-refractivity contribution in [2.75, 3.05) is 0 Å². The SMILES string of the molecule is CC(C)NCc1nnc(-c2cc(C(F)(F)F)ccc2Br)o1. The molecule has 0 radical (unpaired) electrons. The lowest BCUT2D eigenvalue weighted by Crippen LogP contribution is -2.21. The zero-order valence-electron chi connectivity index (χ0n) is 11.3. The lowest BCUT2D eigenvalue weighted by Gasteiger charge is -2.08. The Morgan fingerprint density at radius 2 is 2.00 bits per heavy atom. The molecule has 0 saturated carbocycles. The molecule has 0 bridgehead atoms. The summed E-state index contributed by atoms with van der Waals surface area (Å²) in [4.78, 5) is 0. The molecule has 0 aliphatic carbocycles. The average Bonchev–Trinajstić information content (AvgIpc) is 2.84. The smallest absolute Gasteiger partial charge is 0.416 e. The molecule has 0 fully saturated rings. The number of hydrogen-bond acceptors (Lipinski definition) is 4. The third-order valence-corrected chi connectivity index (χ3v) is 3.34. The van der Waals surface area contributed by atoms with Crippen molar-refractivity contribution in [3.05, 3.63) is 34.1 Å². The van der Waals surface area contributed by atoms with Crippen LogP contribution in [0.5, 0.6) is 0 Å². The summed E-state index contributed by atoms with van der Waals surface area (Å²) in [6.45, 7) is 4.28. The summed E-state index contributed by atoms with van der Waals surface area (Å²) in [5.41, 5.74) is -0.547. The van der Waals surface area contributed by atoms with E-state index in [4.69, 9.17) is 4.42 Å². The van der Waals surface area contributed by atoms with Gasteiger partial charge in [-0.2, -0.15) is 13.2 Å². The van der Waals surface area contributed by atoms with E-state index in [-0.39, 0.29) is 17.5 Å². The van der Waals surface area contributed by atoms with Crippen LogP contribution in [-0.2, 0) is 12.7 Å². The Labute approximate surface area is 127 Å². The molecule has 0 aliphatic heterocycles. The number of halogens is 4. The van der Waals surface area contributed by atoms with Crippen LogP contribution in [0.4, 0.5) is 13.2 Å². The van der Waals surface area contributed by atoms with Crippen LogP contribution in [-0.4, -0.2) is 16.2 Å². The fraction of sp³-hybridized carbons (Fsp3) is 0.385. The molecule has 1 aromatic carbocycles. The van der Waals surface area contributed by atoms with E-state index in [0.717, 1.165) is 12.1 Å². The van der Waals surface area contributed by atoms with E-state index in [9.17, 15) is 13.2 Å². The summed E-state index contributed by atoms with van der Waals surface area (Å²) in [5, 5.41) is 10.7. The highest BCUT2D eigenvalue weighted by Gasteiger charge is 2.31. The lowest BCUT2D eigenvalue weighted by molar-refractivity contribution is -0.137. The molecule has 4 nitrogen and oxygen atoms in total. The molecule has 2 rings (SSSR count). The van der Waals surface area contributed by atoms with Gasteiger partial charge in [0.15, 0.2) is 0 Å². The third-order valence-electron chi connectivity index (χ3n) is 2.65. The van der Waals surface area contributed by atoms with E-state index in [1.54, 1.807) is 0 Å². The van der Waals surface area contributed by atoms with Crippen molar-refractivity contribution in [2.24, 2.45) is 0 Å². The fourth-order valence-electron chi connectivity index (χ4n) is 1.59. The molecule has 0 saturated heterocycles. The van der Waals surface area contributed by atoms with Crippen LogP contribution in [0, 0.1) is 0 Å². The fourth-order valence-corrected chi connectivity index (χ4v) is 2.01. The number of nitrogens with zero attached hydrogens (tertiary/aromatic N) is 2. The number of benzene rings is 1. The van der Waals surface area contributed by atoms with Gasteiger partial charge in [0.25, 0.3) is 0 Å². The van der Waals surface area contributed by atoms with Gasteiger partial charge < -0.3 is 9.73 Å². The van der Waals surface area contributed by atoms with Crippen LogP contribution in [0.2, 0.25) is 0 Å². The molecule has 8 heteroatoms. The first-order valence-electron chi connectivity index (χ1n) is 6.20. The second-order valence-corrected chi connectivity index (χ2v) is 5.58. The summed E-state index contributed by atoms with van der Waals surface area (Å²) in [5.74, 6) is 0.372. The van der Waals surface area contributed by atoms with Gasteiger partial charge in [0.05, 0.1) is 17.7 Å². The van der Waals surface area contributed by atoms with Crippen molar-refractivity contribution in [2.45, 2.75) is 32.6 Å². The second kappa shape index (κ2) is 6.15. The van der Waals surface area contributed by atoms with Gasteiger partial charge in [0.1, 0.15) is 0 Å². The molecular weight excluding hydrogens is 351 g/mol. The molecule has 21 heavy (non-hydrogen) atoms. The molecular formula is C13H13BrF3N3O. The van der Waals surface area contributed by atoms with E-state index in [2.05, 4.69) is 31.4 Å². The Bertz CT molecular complexity index is 625. The van der Waals surface area contributed by atoms with E-state index < -0.39 is 11.7 Å². The molecule has 0 spiro atoms. The van der Waals surface area contributed by atoms with Gasteiger partial charge in [-0.15, -0.1) is 10.2 Å². The van der Waals surface area contributed by atoms with E-state index in [1.165, 1.54) is 6.07 Å². The van der Waals surface area contributed by atoms with Crippen LogP contribution >= 0.6 is 15.9 Å². The lowest BCUT2D eigenvalue weighted by atomic mass is 10.1. The molecule has 114 valence electrons. The van der Waals surface area contributed by atoms with Crippen molar-refractivity contribution < 1.29 is 17.6 Å². The van der Waals surface area contributed by atoms with Gasteiger partial charge in [-0.25, -0.2) is 0 Å². The zero-order chi connectivity index (χ0) is 15.6. The Morgan fingerprint density at radius 1 is 1.29 bits per heavy atom. The Balaban J connectivity index is 2.29. The van der Waals surface area contributed by atoms with Crippen LogP contribution in [0.15, 0.2) is 27.1 Å². The van der Waals surface area contributed by atoms with E-state index in [0.29, 0.717) is 16.9 Å². The zero-order valence-corrected chi connectivity index (χ0v) is 12.9. The second-order valence-electron chi connectivity index (χ2n) is 4.73. The maximum Gasteiger partial charge on any atom is 0.416 e.